The van der Waals surface area contributed by atoms with E-state index < -0.39 is 47.8 Å². The first kappa shape index (κ1) is 26.8. The number of hydrogen-bond acceptors (Lipinski definition) is 6. The van der Waals surface area contributed by atoms with Crippen LogP contribution >= 0.6 is 0 Å². The van der Waals surface area contributed by atoms with Crippen LogP contribution in [0.5, 0.6) is 0 Å². The van der Waals surface area contributed by atoms with Crippen LogP contribution in [-0.4, -0.2) is 60.4 Å². The molecule has 33 heavy (non-hydrogen) atoms. The topological polar surface area (TPSA) is 66.4 Å². The Balaban J connectivity index is 1.97. The molecule has 2 aliphatic heterocycles. The second kappa shape index (κ2) is 8.11. The van der Waals surface area contributed by atoms with E-state index in [4.69, 9.17) is 23.3 Å². The molecule has 2 heterocycles. The van der Waals surface area contributed by atoms with E-state index in [1.807, 2.05) is 87.4 Å². The number of rotatable bonds is 6. The highest BCUT2D eigenvalue weighted by atomic mass is 16.7. The molecule has 0 unspecified atom stereocenters. The smallest absolute Gasteiger partial charge is 0.427 e. The minimum absolute atomic E-state index is 0.316. The molecule has 0 saturated carbocycles. The second-order valence-electron chi connectivity index (χ2n) is 12.5. The molecule has 2 aliphatic rings. The molecule has 6 nitrogen and oxygen atoms in total. The van der Waals surface area contributed by atoms with Gasteiger partial charge in [0.25, 0.3) is 0 Å². The van der Waals surface area contributed by atoms with E-state index in [9.17, 15) is 5.11 Å². The first-order valence-electron chi connectivity index (χ1n) is 11.9. The third kappa shape index (κ3) is 5.09. The molecule has 0 bridgehead atoms. The standard InChI is InChI=1S/C24H41B3O6/c1-19(2,28)20(3,4)29-25-16-13-17(26-30-21(5,6)22(7,8)31-26)15-18(14-16)27-32-23(9,10)24(11,12)33-27/h13-15,25,28H,1-12H3. The van der Waals surface area contributed by atoms with Crippen LogP contribution in [0.1, 0.15) is 83.1 Å². The van der Waals surface area contributed by atoms with Crippen molar-refractivity contribution in [2.45, 2.75) is 117 Å². The number of hydrogen-bond donors (Lipinski definition) is 1. The van der Waals surface area contributed by atoms with Crippen molar-refractivity contribution in [1.29, 1.82) is 0 Å². The normalized spacial score (nSPS) is 23.8. The minimum Gasteiger partial charge on any atom is -0.427 e. The van der Waals surface area contributed by atoms with Gasteiger partial charge in [0.05, 0.1) is 33.6 Å². The molecule has 0 aliphatic carbocycles. The summed E-state index contributed by atoms with van der Waals surface area (Å²) in [5, 5.41) is 10.5. The molecule has 2 saturated heterocycles. The van der Waals surface area contributed by atoms with Crippen molar-refractivity contribution >= 4 is 38.1 Å². The Morgan fingerprint density at radius 2 is 1.03 bits per heavy atom. The predicted octanol–water partition coefficient (Wildman–Crippen LogP) is 1.83. The lowest BCUT2D eigenvalue weighted by molar-refractivity contribution is -0.0893. The third-order valence-corrected chi connectivity index (χ3v) is 8.16. The van der Waals surface area contributed by atoms with E-state index >= 15 is 0 Å². The predicted molar refractivity (Wildman–Crippen MR) is 136 cm³/mol. The van der Waals surface area contributed by atoms with Gasteiger partial charge in [0.2, 0.25) is 0 Å². The minimum atomic E-state index is -0.995. The third-order valence-electron chi connectivity index (χ3n) is 8.16. The van der Waals surface area contributed by atoms with E-state index in [1.165, 1.54) is 0 Å². The highest BCUT2D eigenvalue weighted by Crippen LogP contribution is 2.37. The SMILES string of the molecule is CC(C)(O)C(C)(C)OBc1cc(B2OC(C)(C)C(C)(C)O2)cc(B2OC(C)(C)C(C)(C)O2)c1. The maximum Gasteiger partial charge on any atom is 0.494 e. The van der Waals surface area contributed by atoms with Crippen molar-refractivity contribution in [3.63, 3.8) is 0 Å². The summed E-state index contributed by atoms with van der Waals surface area (Å²) in [4.78, 5) is 0. The van der Waals surface area contributed by atoms with Gasteiger partial charge in [-0.15, -0.1) is 0 Å². The Kier molecular flexibility index (Phi) is 6.58. The highest BCUT2D eigenvalue weighted by Gasteiger charge is 2.54. The maximum absolute atomic E-state index is 10.5. The van der Waals surface area contributed by atoms with Gasteiger partial charge in [0, 0.05) is 0 Å². The molecule has 0 aromatic heterocycles. The van der Waals surface area contributed by atoms with Gasteiger partial charge in [-0.3, -0.25) is 0 Å². The summed E-state index contributed by atoms with van der Waals surface area (Å²) in [7, 11) is -0.714. The largest absolute Gasteiger partial charge is 0.494 e. The fourth-order valence-corrected chi connectivity index (χ4v) is 3.50. The fourth-order valence-electron chi connectivity index (χ4n) is 3.50. The lowest BCUT2D eigenvalue weighted by Gasteiger charge is -2.37. The Labute approximate surface area is 201 Å². The van der Waals surface area contributed by atoms with Crippen molar-refractivity contribution in [1.82, 2.24) is 0 Å². The molecule has 0 atom stereocenters. The van der Waals surface area contributed by atoms with Gasteiger partial charge >= 0.3 is 21.7 Å². The first-order valence-corrected chi connectivity index (χ1v) is 11.9. The summed E-state index contributed by atoms with van der Waals surface area (Å²) in [5.74, 6) is 0. The Hall–Kier alpha value is -0.825. The zero-order chi connectivity index (χ0) is 25.3. The number of aliphatic hydroxyl groups is 1. The molecule has 3 rings (SSSR count). The lowest BCUT2D eigenvalue weighted by atomic mass is 9.67. The summed E-state index contributed by atoms with van der Waals surface area (Å²) in [6.45, 7) is 23.6. The van der Waals surface area contributed by atoms with E-state index in [-0.39, 0.29) is 0 Å². The molecule has 0 spiro atoms. The van der Waals surface area contributed by atoms with E-state index in [0.717, 1.165) is 16.4 Å². The van der Waals surface area contributed by atoms with Crippen LogP contribution in [0.2, 0.25) is 0 Å². The van der Waals surface area contributed by atoms with Crippen LogP contribution in [0.4, 0.5) is 0 Å². The van der Waals surface area contributed by atoms with Gasteiger partial charge in [-0.2, -0.15) is 0 Å². The van der Waals surface area contributed by atoms with Crippen LogP contribution in [0.3, 0.4) is 0 Å². The molecule has 9 heteroatoms. The monoisotopic (exact) mass is 458 g/mol. The number of benzene rings is 1. The quantitative estimate of drug-likeness (QED) is 0.657. The summed E-state index contributed by atoms with van der Waals surface area (Å²) in [5.41, 5.74) is -0.808. The van der Waals surface area contributed by atoms with Crippen molar-refractivity contribution in [2.24, 2.45) is 0 Å². The average Bonchev–Trinajstić information content (AvgIpc) is 2.98. The second-order valence-corrected chi connectivity index (χ2v) is 12.5. The Bertz CT molecular complexity index is 802. The molecule has 2 fully saturated rings. The lowest BCUT2D eigenvalue weighted by Crippen LogP contribution is -2.50. The summed E-state index contributed by atoms with van der Waals surface area (Å²) < 4.78 is 31.4. The van der Waals surface area contributed by atoms with Gasteiger partial charge in [-0.05, 0) is 94.0 Å². The Morgan fingerprint density at radius 3 is 1.33 bits per heavy atom. The zero-order valence-corrected chi connectivity index (χ0v) is 22.6. The molecular weight excluding hydrogens is 417 g/mol. The molecule has 0 amide bonds. The zero-order valence-electron chi connectivity index (χ0n) is 22.6. The van der Waals surface area contributed by atoms with Crippen LogP contribution in [0.15, 0.2) is 18.2 Å². The van der Waals surface area contributed by atoms with Gasteiger partial charge in [0.15, 0.2) is 0 Å². The Morgan fingerprint density at radius 1 is 0.697 bits per heavy atom. The molecular formula is C24H41B3O6. The summed E-state index contributed by atoms with van der Waals surface area (Å²) in [6.07, 6.45) is 0. The molecule has 0 radical (unpaired) electrons. The van der Waals surface area contributed by atoms with Crippen LogP contribution in [0, 0.1) is 0 Å². The fraction of sp³-hybridized carbons (Fsp3) is 0.750. The molecule has 1 aromatic carbocycles. The van der Waals surface area contributed by atoms with Gasteiger partial charge in [-0.25, -0.2) is 0 Å². The summed E-state index contributed by atoms with van der Waals surface area (Å²) >= 11 is 0. The van der Waals surface area contributed by atoms with Crippen LogP contribution in [-0.2, 0) is 23.3 Å². The maximum atomic E-state index is 10.5. The van der Waals surface area contributed by atoms with Gasteiger partial charge in [0.1, 0.15) is 0 Å². The van der Waals surface area contributed by atoms with E-state index in [2.05, 4.69) is 0 Å². The molecule has 1 N–H and O–H groups in total. The summed E-state index contributed by atoms with van der Waals surface area (Å²) in [6, 6.07) is 6.11. The average molecular weight is 458 g/mol. The van der Waals surface area contributed by atoms with E-state index in [0.29, 0.717) is 7.48 Å². The molecule has 1 aromatic rings. The molecule has 182 valence electrons. The van der Waals surface area contributed by atoms with Crippen LogP contribution < -0.4 is 16.4 Å². The van der Waals surface area contributed by atoms with Gasteiger partial charge in [-0.1, -0.05) is 23.7 Å². The van der Waals surface area contributed by atoms with Gasteiger partial charge < -0.3 is 28.4 Å². The van der Waals surface area contributed by atoms with Crippen molar-refractivity contribution in [3.05, 3.63) is 18.2 Å². The van der Waals surface area contributed by atoms with Crippen molar-refractivity contribution in [2.75, 3.05) is 0 Å². The first-order chi connectivity index (χ1) is 14.7. The van der Waals surface area contributed by atoms with Crippen LogP contribution in [0.25, 0.3) is 0 Å². The van der Waals surface area contributed by atoms with Crippen molar-refractivity contribution in [3.8, 4) is 0 Å². The highest BCUT2D eigenvalue weighted by molar-refractivity contribution is 6.67. The van der Waals surface area contributed by atoms with Crippen molar-refractivity contribution < 1.29 is 28.4 Å². The van der Waals surface area contributed by atoms with E-state index in [1.54, 1.807) is 13.8 Å².